The Morgan fingerprint density at radius 1 is 0.889 bits per heavy atom. The molecule has 0 radical (unpaired) electrons. The highest BCUT2D eigenvalue weighted by molar-refractivity contribution is 7.92. The Morgan fingerprint density at radius 3 is 1.78 bits per heavy atom. The zero-order valence-corrected chi connectivity index (χ0v) is 16.3. The fraction of sp³-hybridized carbons (Fsp3) is 0.429. The fourth-order valence-electron chi connectivity index (χ4n) is 3.16. The van der Waals surface area contributed by atoms with Crippen LogP contribution in [0.5, 0.6) is 0 Å². The molecule has 1 N–H and O–H groups in total. The molecule has 0 amide bonds. The molecule has 2 aromatic carbocycles. The molecule has 6 heteroatoms. The van der Waals surface area contributed by atoms with Crippen LogP contribution < -0.4 is 0 Å². The third-order valence-corrected chi connectivity index (χ3v) is 7.23. The molecule has 3 nitrogen and oxygen atoms in total. The van der Waals surface area contributed by atoms with Crippen LogP contribution >= 0.6 is 0 Å². The maximum absolute atomic E-state index is 12.5. The van der Waals surface area contributed by atoms with Gasteiger partial charge in [-0.3, -0.25) is 0 Å². The van der Waals surface area contributed by atoms with E-state index in [2.05, 4.69) is 6.92 Å². The van der Waals surface area contributed by atoms with E-state index in [1.165, 1.54) is 0 Å². The molecule has 0 unspecified atom stereocenters. The van der Waals surface area contributed by atoms with Crippen LogP contribution in [0.15, 0.2) is 53.4 Å². The molecule has 27 heavy (non-hydrogen) atoms. The topological polar surface area (TPSA) is 54.4 Å². The van der Waals surface area contributed by atoms with Crippen molar-refractivity contribution in [3.8, 4) is 0 Å². The van der Waals surface area contributed by atoms with Crippen molar-refractivity contribution in [3.63, 3.8) is 0 Å². The largest absolute Gasteiger partial charge is 0.396 e. The fourth-order valence-corrected chi connectivity index (χ4v) is 4.95. The Kier molecular flexibility index (Phi) is 7.92. The monoisotopic (exact) mass is 396 g/mol. The Labute approximate surface area is 160 Å². The number of halogens is 2. The van der Waals surface area contributed by atoms with Crippen LogP contribution in [0.25, 0.3) is 0 Å². The van der Waals surface area contributed by atoms with Gasteiger partial charge in [0.05, 0.1) is 10.1 Å². The highest BCUT2D eigenvalue weighted by Gasteiger charge is 2.31. The van der Waals surface area contributed by atoms with E-state index in [0.717, 1.165) is 49.1 Å². The minimum absolute atomic E-state index is 0.179. The molecule has 2 aromatic rings. The summed E-state index contributed by atoms with van der Waals surface area (Å²) in [6.45, 7) is 2.23. The third-order valence-electron chi connectivity index (χ3n) is 4.95. The molecule has 0 aliphatic heterocycles. The highest BCUT2D eigenvalue weighted by atomic mass is 32.2. The normalized spacial score (nSPS) is 19.9. The second kappa shape index (κ2) is 9.95. The second-order valence-electron chi connectivity index (χ2n) is 6.80. The van der Waals surface area contributed by atoms with Gasteiger partial charge >= 0.3 is 0 Å². The summed E-state index contributed by atoms with van der Waals surface area (Å²) in [4.78, 5) is 0.442. The molecule has 1 saturated carbocycles. The van der Waals surface area contributed by atoms with Crippen LogP contribution in [0.2, 0.25) is 0 Å². The van der Waals surface area contributed by atoms with Crippen LogP contribution in [0, 0.1) is 17.6 Å². The lowest BCUT2D eigenvalue weighted by Crippen LogP contribution is -2.28. The van der Waals surface area contributed by atoms with Crippen molar-refractivity contribution in [2.24, 2.45) is 5.92 Å². The van der Waals surface area contributed by atoms with E-state index in [9.17, 15) is 17.2 Å². The number of aryl methyl sites for hydroxylation is 1. The van der Waals surface area contributed by atoms with Gasteiger partial charge in [0, 0.05) is 6.61 Å². The van der Waals surface area contributed by atoms with Crippen molar-refractivity contribution < 1.29 is 22.3 Å². The molecular formula is C21H26F2O3S. The van der Waals surface area contributed by atoms with Crippen molar-refractivity contribution in [2.75, 3.05) is 6.61 Å². The molecule has 0 saturated heterocycles. The van der Waals surface area contributed by atoms with Crippen LogP contribution in [0.4, 0.5) is 8.78 Å². The second-order valence-corrected chi connectivity index (χ2v) is 9.03. The van der Waals surface area contributed by atoms with Crippen molar-refractivity contribution in [1.29, 1.82) is 0 Å². The van der Waals surface area contributed by atoms with Gasteiger partial charge in [0.1, 0.15) is 11.6 Å². The van der Waals surface area contributed by atoms with Crippen molar-refractivity contribution in [1.82, 2.24) is 0 Å². The number of aliphatic hydroxyl groups excluding tert-OH is 1. The van der Waals surface area contributed by atoms with Crippen molar-refractivity contribution >= 4 is 9.84 Å². The van der Waals surface area contributed by atoms with Crippen LogP contribution in [0.3, 0.4) is 0 Å². The van der Waals surface area contributed by atoms with E-state index in [-0.39, 0.29) is 17.8 Å². The lowest BCUT2D eigenvalue weighted by atomic mass is 9.90. The van der Waals surface area contributed by atoms with Gasteiger partial charge in [-0.2, -0.15) is 0 Å². The van der Waals surface area contributed by atoms with Gasteiger partial charge in [-0.15, -0.1) is 0 Å². The molecule has 0 heterocycles. The minimum atomic E-state index is -3.20. The molecule has 0 bridgehead atoms. The van der Waals surface area contributed by atoms with Gasteiger partial charge in [-0.1, -0.05) is 19.1 Å². The molecule has 1 aliphatic rings. The van der Waals surface area contributed by atoms with Gasteiger partial charge in [0.15, 0.2) is 9.84 Å². The Morgan fingerprint density at radius 2 is 1.37 bits per heavy atom. The molecule has 0 aromatic heterocycles. The van der Waals surface area contributed by atoms with Gasteiger partial charge in [0.25, 0.3) is 0 Å². The standard InChI is InChI=1S/C15H22O3S.C6H4F2/c1-2-12-3-7-14(8-4-12)19(17,18)15-9-5-13(11-16)6-10-15;7-5-1-2-6(8)4-3-5/h3-4,7-8,13,15-16H,2,5-6,9-11H2,1H3;1-4H. The van der Waals surface area contributed by atoms with Gasteiger partial charge < -0.3 is 5.11 Å². The first-order chi connectivity index (χ1) is 12.9. The van der Waals surface area contributed by atoms with Crippen LogP contribution in [-0.2, 0) is 16.3 Å². The average Bonchev–Trinajstić information content (AvgIpc) is 2.71. The first kappa shape index (κ1) is 21.5. The summed E-state index contributed by atoms with van der Waals surface area (Å²) in [5, 5.41) is 8.83. The Bertz CT molecular complexity index is 773. The summed E-state index contributed by atoms with van der Waals surface area (Å²) in [6.07, 6.45) is 3.88. The molecular weight excluding hydrogens is 370 g/mol. The number of aliphatic hydroxyl groups is 1. The summed E-state index contributed by atoms with van der Waals surface area (Å²) in [6, 6.07) is 11.6. The SMILES string of the molecule is CCc1ccc(S(=O)(=O)C2CCC(CO)CC2)cc1.Fc1ccc(F)cc1. The summed E-state index contributed by atoms with van der Waals surface area (Å²) in [7, 11) is -3.20. The van der Waals surface area contributed by atoms with E-state index in [1.54, 1.807) is 12.1 Å². The maximum atomic E-state index is 12.5. The number of hydrogen-bond acceptors (Lipinski definition) is 3. The predicted octanol–water partition coefficient (Wildman–Crippen LogP) is 4.54. The van der Waals surface area contributed by atoms with Crippen LogP contribution in [0.1, 0.15) is 38.2 Å². The van der Waals surface area contributed by atoms with E-state index in [4.69, 9.17) is 5.11 Å². The number of benzene rings is 2. The van der Waals surface area contributed by atoms with E-state index in [0.29, 0.717) is 17.7 Å². The van der Waals surface area contributed by atoms with Gasteiger partial charge in [-0.25, -0.2) is 17.2 Å². The predicted molar refractivity (Wildman–Crippen MR) is 102 cm³/mol. The zero-order valence-electron chi connectivity index (χ0n) is 15.4. The molecule has 3 rings (SSSR count). The first-order valence-electron chi connectivity index (χ1n) is 9.21. The number of rotatable bonds is 4. The molecule has 0 atom stereocenters. The summed E-state index contributed by atoms with van der Waals surface area (Å²) >= 11 is 0. The van der Waals surface area contributed by atoms with Crippen LogP contribution in [-0.4, -0.2) is 25.4 Å². The van der Waals surface area contributed by atoms with E-state index >= 15 is 0 Å². The Hall–Kier alpha value is -1.79. The van der Waals surface area contributed by atoms with Crippen molar-refractivity contribution in [3.05, 3.63) is 65.7 Å². The lowest BCUT2D eigenvalue weighted by molar-refractivity contribution is 0.191. The minimum Gasteiger partial charge on any atom is -0.396 e. The smallest absolute Gasteiger partial charge is 0.181 e. The molecule has 0 spiro atoms. The lowest BCUT2D eigenvalue weighted by Gasteiger charge is -2.27. The number of hydrogen-bond donors (Lipinski definition) is 1. The number of sulfone groups is 1. The Balaban J connectivity index is 0.000000273. The summed E-state index contributed by atoms with van der Waals surface area (Å²) in [5.74, 6) is -0.535. The van der Waals surface area contributed by atoms with Gasteiger partial charge in [-0.05, 0) is 80.0 Å². The summed E-state index contributed by atoms with van der Waals surface area (Å²) in [5.41, 5.74) is 1.16. The molecule has 1 aliphatic carbocycles. The molecule has 148 valence electrons. The van der Waals surface area contributed by atoms with E-state index in [1.807, 2.05) is 12.1 Å². The average molecular weight is 396 g/mol. The highest BCUT2D eigenvalue weighted by Crippen LogP contribution is 2.31. The summed E-state index contributed by atoms with van der Waals surface area (Å²) < 4.78 is 48.9. The third kappa shape index (κ3) is 6.11. The maximum Gasteiger partial charge on any atom is 0.181 e. The quantitative estimate of drug-likeness (QED) is 0.826. The zero-order chi connectivity index (χ0) is 19.9. The van der Waals surface area contributed by atoms with Gasteiger partial charge in [0.2, 0.25) is 0 Å². The van der Waals surface area contributed by atoms with Crippen molar-refractivity contribution in [2.45, 2.75) is 49.2 Å². The first-order valence-corrected chi connectivity index (χ1v) is 10.8. The molecule has 1 fully saturated rings. The van der Waals surface area contributed by atoms with E-state index < -0.39 is 21.5 Å².